The zero-order valence-corrected chi connectivity index (χ0v) is 12.2. The van der Waals surface area contributed by atoms with Crippen LogP contribution in [0.2, 0.25) is 0 Å². The molecule has 0 aromatic carbocycles. The smallest absolute Gasteiger partial charge is 0.0620 e. The molecule has 5 unspecified atom stereocenters. The highest BCUT2D eigenvalue weighted by molar-refractivity contribution is 4.84. The first-order valence-corrected chi connectivity index (χ1v) is 7.72. The van der Waals surface area contributed by atoms with Crippen molar-refractivity contribution in [1.29, 1.82) is 0 Å². The summed E-state index contributed by atoms with van der Waals surface area (Å²) in [6.45, 7) is 9.87. The van der Waals surface area contributed by atoms with Gasteiger partial charge in [-0.3, -0.25) is 0 Å². The summed E-state index contributed by atoms with van der Waals surface area (Å²) in [7, 11) is 0. The van der Waals surface area contributed by atoms with E-state index in [2.05, 4.69) is 31.4 Å². The van der Waals surface area contributed by atoms with Crippen LogP contribution in [0.15, 0.2) is 0 Å². The van der Waals surface area contributed by atoms with Crippen molar-refractivity contribution < 1.29 is 4.74 Å². The lowest BCUT2D eigenvalue weighted by Crippen LogP contribution is -2.48. The molecule has 2 fully saturated rings. The van der Waals surface area contributed by atoms with Gasteiger partial charge in [0.2, 0.25) is 0 Å². The lowest BCUT2D eigenvalue weighted by atomic mass is 9.79. The van der Waals surface area contributed by atoms with E-state index < -0.39 is 0 Å². The van der Waals surface area contributed by atoms with E-state index in [1.807, 2.05) is 0 Å². The summed E-state index contributed by atoms with van der Waals surface area (Å²) in [4.78, 5) is 0. The van der Waals surface area contributed by atoms with E-state index in [9.17, 15) is 0 Å². The Bertz CT molecular complexity index is 241. The van der Waals surface area contributed by atoms with Gasteiger partial charge in [-0.15, -0.1) is 0 Å². The van der Waals surface area contributed by atoms with E-state index in [0.29, 0.717) is 12.1 Å². The van der Waals surface area contributed by atoms with Gasteiger partial charge < -0.3 is 15.4 Å². The van der Waals surface area contributed by atoms with Gasteiger partial charge in [-0.25, -0.2) is 0 Å². The molecule has 0 bridgehead atoms. The Morgan fingerprint density at radius 3 is 2.83 bits per heavy atom. The largest absolute Gasteiger partial charge is 0.379 e. The molecule has 18 heavy (non-hydrogen) atoms. The highest BCUT2D eigenvalue weighted by Gasteiger charge is 2.27. The molecular formula is C15H30N2O. The summed E-state index contributed by atoms with van der Waals surface area (Å²) >= 11 is 0. The monoisotopic (exact) mass is 254 g/mol. The molecular weight excluding hydrogens is 224 g/mol. The second-order valence-corrected chi connectivity index (χ2v) is 6.53. The molecule has 0 aromatic heterocycles. The predicted molar refractivity (Wildman–Crippen MR) is 75.8 cm³/mol. The van der Waals surface area contributed by atoms with Gasteiger partial charge in [-0.05, 0) is 44.4 Å². The second kappa shape index (κ2) is 6.88. The van der Waals surface area contributed by atoms with Gasteiger partial charge in [0.25, 0.3) is 0 Å². The van der Waals surface area contributed by atoms with Gasteiger partial charge in [0.05, 0.1) is 13.2 Å². The first-order valence-electron chi connectivity index (χ1n) is 7.72. The molecule has 0 spiro atoms. The van der Waals surface area contributed by atoms with Crippen molar-refractivity contribution in [3.8, 4) is 0 Å². The minimum atomic E-state index is 0.541. The van der Waals surface area contributed by atoms with Crippen molar-refractivity contribution in [2.75, 3.05) is 19.8 Å². The Morgan fingerprint density at radius 1 is 1.33 bits per heavy atom. The molecule has 3 heteroatoms. The zero-order valence-electron chi connectivity index (χ0n) is 12.2. The van der Waals surface area contributed by atoms with Crippen LogP contribution in [0, 0.1) is 11.8 Å². The quantitative estimate of drug-likeness (QED) is 0.806. The van der Waals surface area contributed by atoms with Crippen molar-refractivity contribution in [2.24, 2.45) is 11.8 Å². The molecule has 2 N–H and O–H groups in total. The van der Waals surface area contributed by atoms with E-state index in [1.54, 1.807) is 0 Å². The third kappa shape index (κ3) is 4.22. The maximum atomic E-state index is 5.52. The molecule has 0 radical (unpaired) electrons. The SMILES string of the molecule is CC1CCC(NC(C)CC2COCCN2)C(C)C1. The Labute approximate surface area is 112 Å². The normalized spacial score (nSPS) is 39.5. The lowest BCUT2D eigenvalue weighted by molar-refractivity contribution is 0.0697. The summed E-state index contributed by atoms with van der Waals surface area (Å²) in [5.74, 6) is 1.74. The van der Waals surface area contributed by atoms with E-state index in [-0.39, 0.29) is 0 Å². The topological polar surface area (TPSA) is 33.3 Å². The van der Waals surface area contributed by atoms with E-state index >= 15 is 0 Å². The number of rotatable bonds is 4. The first kappa shape index (κ1) is 14.3. The maximum absolute atomic E-state index is 5.52. The number of hydrogen-bond donors (Lipinski definition) is 2. The van der Waals surface area contributed by atoms with E-state index in [4.69, 9.17) is 4.74 Å². The summed E-state index contributed by atoms with van der Waals surface area (Å²) in [6.07, 6.45) is 5.30. The molecule has 2 aliphatic rings. The van der Waals surface area contributed by atoms with Gasteiger partial charge >= 0.3 is 0 Å². The van der Waals surface area contributed by atoms with Crippen LogP contribution in [0.3, 0.4) is 0 Å². The van der Waals surface area contributed by atoms with Gasteiger partial charge in [-0.2, -0.15) is 0 Å². The highest BCUT2D eigenvalue weighted by atomic mass is 16.5. The van der Waals surface area contributed by atoms with Crippen molar-refractivity contribution in [1.82, 2.24) is 10.6 Å². The van der Waals surface area contributed by atoms with Gasteiger partial charge in [-0.1, -0.05) is 13.8 Å². The van der Waals surface area contributed by atoms with Crippen LogP contribution in [0.25, 0.3) is 0 Å². The minimum absolute atomic E-state index is 0.541. The third-order valence-corrected chi connectivity index (χ3v) is 4.57. The highest BCUT2D eigenvalue weighted by Crippen LogP contribution is 2.29. The molecule has 2 rings (SSSR count). The Hall–Kier alpha value is -0.120. The van der Waals surface area contributed by atoms with Gasteiger partial charge in [0.1, 0.15) is 0 Å². The minimum Gasteiger partial charge on any atom is -0.379 e. The average molecular weight is 254 g/mol. The van der Waals surface area contributed by atoms with E-state index in [0.717, 1.165) is 37.6 Å². The fourth-order valence-electron chi connectivity index (χ4n) is 3.54. The molecule has 0 aromatic rings. The van der Waals surface area contributed by atoms with Crippen LogP contribution in [0.5, 0.6) is 0 Å². The van der Waals surface area contributed by atoms with Crippen molar-refractivity contribution >= 4 is 0 Å². The van der Waals surface area contributed by atoms with Crippen molar-refractivity contribution in [3.05, 3.63) is 0 Å². The average Bonchev–Trinajstić information content (AvgIpc) is 2.34. The van der Waals surface area contributed by atoms with Crippen molar-refractivity contribution in [2.45, 2.75) is 64.6 Å². The molecule has 3 nitrogen and oxygen atoms in total. The van der Waals surface area contributed by atoms with Crippen LogP contribution >= 0.6 is 0 Å². The Morgan fingerprint density at radius 2 is 2.17 bits per heavy atom. The number of ether oxygens (including phenoxy) is 1. The first-order chi connectivity index (χ1) is 8.65. The molecule has 5 atom stereocenters. The number of hydrogen-bond acceptors (Lipinski definition) is 3. The predicted octanol–water partition coefficient (Wildman–Crippen LogP) is 2.17. The van der Waals surface area contributed by atoms with Gasteiger partial charge in [0, 0.05) is 24.7 Å². The maximum Gasteiger partial charge on any atom is 0.0620 e. The fourth-order valence-corrected chi connectivity index (χ4v) is 3.54. The summed E-state index contributed by atoms with van der Waals surface area (Å²) < 4.78 is 5.52. The standard InChI is InChI=1S/C15H30N2O/c1-11-4-5-15(12(2)8-11)17-13(3)9-14-10-18-7-6-16-14/h11-17H,4-10H2,1-3H3. The Kier molecular flexibility index (Phi) is 5.46. The molecule has 1 saturated carbocycles. The fraction of sp³-hybridized carbons (Fsp3) is 1.00. The number of morpholine rings is 1. The van der Waals surface area contributed by atoms with Gasteiger partial charge in [0.15, 0.2) is 0 Å². The second-order valence-electron chi connectivity index (χ2n) is 6.53. The van der Waals surface area contributed by atoms with Crippen LogP contribution in [0.4, 0.5) is 0 Å². The molecule has 0 amide bonds. The zero-order chi connectivity index (χ0) is 13.0. The van der Waals surface area contributed by atoms with Crippen LogP contribution in [0.1, 0.15) is 46.5 Å². The summed E-state index contributed by atoms with van der Waals surface area (Å²) in [6, 6.07) is 1.85. The number of nitrogens with one attached hydrogen (secondary N) is 2. The van der Waals surface area contributed by atoms with Crippen LogP contribution in [-0.4, -0.2) is 37.9 Å². The lowest BCUT2D eigenvalue weighted by Gasteiger charge is -2.36. The third-order valence-electron chi connectivity index (χ3n) is 4.57. The van der Waals surface area contributed by atoms with E-state index in [1.165, 1.54) is 25.7 Å². The van der Waals surface area contributed by atoms with Crippen LogP contribution in [-0.2, 0) is 4.74 Å². The van der Waals surface area contributed by atoms with Crippen LogP contribution < -0.4 is 10.6 Å². The molecule has 106 valence electrons. The molecule has 1 aliphatic heterocycles. The van der Waals surface area contributed by atoms with Crippen molar-refractivity contribution in [3.63, 3.8) is 0 Å². The molecule has 1 aliphatic carbocycles. The Balaban J connectivity index is 1.71. The summed E-state index contributed by atoms with van der Waals surface area (Å²) in [5, 5.41) is 7.38. The molecule has 1 heterocycles. The molecule has 1 saturated heterocycles. The summed E-state index contributed by atoms with van der Waals surface area (Å²) in [5.41, 5.74) is 0.